The summed E-state index contributed by atoms with van der Waals surface area (Å²) in [5.41, 5.74) is 0.194. The van der Waals surface area contributed by atoms with Crippen LogP contribution in [-0.2, 0) is 0 Å². The Hall–Kier alpha value is -0.0800. The number of hydrogen-bond acceptors (Lipinski definition) is 2. The Morgan fingerprint density at radius 3 is 2.45 bits per heavy atom. The van der Waals surface area contributed by atoms with E-state index in [4.69, 9.17) is 0 Å². The summed E-state index contributed by atoms with van der Waals surface area (Å²) in [6.07, 6.45) is 5.98. The Balaban J connectivity index is 2.19. The third-order valence-corrected chi connectivity index (χ3v) is 3.59. The monoisotopic (exact) mass is 155 g/mol. The quantitative estimate of drug-likeness (QED) is 0.564. The molecule has 1 N–H and O–H groups in total. The van der Waals surface area contributed by atoms with E-state index in [2.05, 4.69) is 11.9 Å². The first-order valence-corrected chi connectivity index (χ1v) is 4.65. The summed E-state index contributed by atoms with van der Waals surface area (Å²) in [6.45, 7) is 1.08. The third kappa shape index (κ3) is 0.926. The Labute approximate surface area is 68.2 Å². The first-order chi connectivity index (χ1) is 5.26. The Kier molecular flexibility index (Phi) is 1.69. The van der Waals surface area contributed by atoms with E-state index < -0.39 is 0 Å². The van der Waals surface area contributed by atoms with Crippen LogP contribution in [0.2, 0.25) is 0 Å². The van der Waals surface area contributed by atoms with Gasteiger partial charge in [0.2, 0.25) is 0 Å². The highest BCUT2D eigenvalue weighted by molar-refractivity contribution is 5.03. The van der Waals surface area contributed by atoms with Gasteiger partial charge in [-0.15, -0.1) is 0 Å². The van der Waals surface area contributed by atoms with Crippen molar-refractivity contribution in [1.29, 1.82) is 0 Å². The molecule has 0 bridgehead atoms. The summed E-state index contributed by atoms with van der Waals surface area (Å²) < 4.78 is 0. The minimum absolute atomic E-state index is 0.0463. The number of nitrogens with zero attached hydrogens (tertiary/aromatic N) is 1. The summed E-state index contributed by atoms with van der Waals surface area (Å²) >= 11 is 0. The van der Waals surface area contributed by atoms with Crippen molar-refractivity contribution in [3.05, 3.63) is 0 Å². The predicted octanol–water partition coefficient (Wildman–Crippen LogP) is 0.996. The molecule has 1 heterocycles. The van der Waals surface area contributed by atoms with E-state index in [1.165, 1.54) is 25.7 Å². The second kappa shape index (κ2) is 2.46. The molecule has 1 spiro atoms. The second-order valence-electron chi connectivity index (χ2n) is 4.04. The van der Waals surface area contributed by atoms with E-state index in [1.54, 1.807) is 0 Å². The molecule has 1 aliphatic heterocycles. The van der Waals surface area contributed by atoms with Crippen LogP contribution in [0.3, 0.4) is 0 Å². The Bertz CT molecular complexity index is 140. The van der Waals surface area contributed by atoms with Gasteiger partial charge in [-0.3, -0.25) is 4.90 Å². The van der Waals surface area contributed by atoms with Crippen LogP contribution in [0.25, 0.3) is 0 Å². The van der Waals surface area contributed by atoms with Crippen LogP contribution in [0.4, 0.5) is 0 Å². The van der Waals surface area contributed by atoms with Gasteiger partial charge in [-0.1, -0.05) is 12.8 Å². The van der Waals surface area contributed by atoms with Gasteiger partial charge in [-0.2, -0.15) is 0 Å². The topological polar surface area (TPSA) is 23.5 Å². The molecule has 64 valence electrons. The highest BCUT2D eigenvalue weighted by Crippen LogP contribution is 2.42. The molecule has 0 aromatic heterocycles. The van der Waals surface area contributed by atoms with E-state index in [0.29, 0.717) is 0 Å². The number of aliphatic hydroxyl groups excluding tert-OH is 1. The first-order valence-electron chi connectivity index (χ1n) is 4.65. The number of likely N-dealkylation sites (N-methyl/N-ethyl adjacent to an activating group) is 1. The lowest BCUT2D eigenvalue weighted by molar-refractivity contribution is 0.0454. The van der Waals surface area contributed by atoms with Gasteiger partial charge in [0.25, 0.3) is 0 Å². The largest absolute Gasteiger partial charge is 0.391 e. The van der Waals surface area contributed by atoms with Crippen LogP contribution >= 0.6 is 0 Å². The molecule has 2 nitrogen and oxygen atoms in total. The fourth-order valence-corrected chi connectivity index (χ4v) is 2.76. The predicted molar refractivity (Wildman–Crippen MR) is 44.5 cm³/mol. The van der Waals surface area contributed by atoms with E-state index >= 15 is 0 Å². The lowest BCUT2D eigenvalue weighted by Gasteiger charge is -2.34. The molecule has 2 rings (SSSR count). The molecule has 2 heteroatoms. The molecule has 0 aromatic rings. The molecule has 11 heavy (non-hydrogen) atoms. The minimum Gasteiger partial charge on any atom is -0.391 e. The van der Waals surface area contributed by atoms with E-state index in [0.717, 1.165) is 13.0 Å². The fourth-order valence-electron chi connectivity index (χ4n) is 2.76. The normalized spacial score (nSPS) is 37.1. The van der Waals surface area contributed by atoms with Crippen molar-refractivity contribution < 1.29 is 5.11 Å². The van der Waals surface area contributed by atoms with Gasteiger partial charge in [0.05, 0.1) is 6.10 Å². The van der Waals surface area contributed by atoms with Gasteiger partial charge in [-0.05, 0) is 26.3 Å². The van der Waals surface area contributed by atoms with E-state index in [-0.39, 0.29) is 11.6 Å². The highest BCUT2D eigenvalue weighted by atomic mass is 16.3. The van der Waals surface area contributed by atoms with Crippen molar-refractivity contribution >= 4 is 0 Å². The number of hydrogen-bond donors (Lipinski definition) is 1. The lowest BCUT2D eigenvalue weighted by atomic mass is 9.92. The summed E-state index contributed by atoms with van der Waals surface area (Å²) in [5.74, 6) is 0. The molecule has 0 unspecified atom stereocenters. The summed E-state index contributed by atoms with van der Waals surface area (Å²) in [4.78, 5) is 2.37. The maximum Gasteiger partial charge on any atom is 0.0735 e. The zero-order chi connectivity index (χ0) is 7.90. The first kappa shape index (κ1) is 7.56. The molecule has 1 saturated carbocycles. The van der Waals surface area contributed by atoms with Gasteiger partial charge in [-0.25, -0.2) is 0 Å². The number of rotatable bonds is 0. The van der Waals surface area contributed by atoms with Crippen LogP contribution in [0.1, 0.15) is 32.1 Å². The third-order valence-electron chi connectivity index (χ3n) is 3.59. The minimum atomic E-state index is -0.0463. The van der Waals surface area contributed by atoms with Crippen molar-refractivity contribution in [2.75, 3.05) is 13.6 Å². The maximum absolute atomic E-state index is 9.81. The number of likely N-dealkylation sites (tertiary alicyclic amines) is 1. The molecule has 2 fully saturated rings. The van der Waals surface area contributed by atoms with Crippen LogP contribution in [0.15, 0.2) is 0 Å². The molecule has 0 amide bonds. The zero-order valence-electron chi connectivity index (χ0n) is 7.21. The SMILES string of the molecule is CN1CC[C@H](O)C12CCCC2. The second-order valence-corrected chi connectivity index (χ2v) is 4.04. The van der Waals surface area contributed by atoms with E-state index in [1.807, 2.05) is 0 Å². The Morgan fingerprint density at radius 1 is 1.36 bits per heavy atom. The number of aliphatic hydroxyl groups is 1. The van der Waals surface area contributed by atoms with Crippen molar-refractivity contribution in [3.63, 3.8) is 0 Å². The van der Waals surface area contributed by atoms with E-state index in [9.17, 15) is 5.11 Å². The van der Waals surface area contributed by atoms with Crippen LogP contribution < -0.4 is 0 Å². The van der Waals surface area contributed by atoms with Crippen LogP contribution in [0.5, 0.6) is 0 Å². The van der Waals surface area contributed by atoms with Gasteiger partial charge in [0.15, 0.2) is 0 Å². The van der Waals surface area contributed by atoms with Crippen LogP contribution in [0, 0.1) is 0 Å². The molecule has 1 atom stereocenters. The molecule has 2 aliphatic rings. The highest BCUT2D eigenvalue weighted by Gasteiger charge is 2.47. The zero-order valence-corrected chi connectivity index (χ0v) is 7.21. The average Bonchev–Trinajstić information content (AvgIpc) is 2.56. The van der Waals surface area contributed by atoms with Crippen molar-refractivity contribution in [2.45, 2.75) is 43.7 Å². The molecule has 1 saturated heterocycles. The smallest absolute Gasteiger partial charge is 0.0735 e. The van der Waals surface area contributed by atoms with Crippen molar-refractivity contribution in [1.82, 2.24) is 4.90 Å². The standard InChI is InChI=1S/C9H17NO/c1-10-7-4-8(11)9(10)5-2-3-6-9/h8,11H,2-7H2,1H3/t8-/m0/s1. The molecule has 1 aliphatic carbocycles. The lowest BCUT2D eigenvalue weighted by Crippen LogP contribution is -2.45. The summed E-state index contributed by atoms with van der Waals surface area (Å²) in [7, 11) is 2.15. The van der Waals surface area contributed by atoms with Gasteiger partial charge in [0, 0.05) is 12.1 Å². The molecule has 0 radical (unpaired) electrons. The molecular weight excluding hydrogens is 138 g/mol. The van der Waals surface area contributed by atoms with Gasteiger partial charge in [0.1, 0.15) is 0 Å². The molecular formula is C9H17NO. The van der Waals surface area contributed by atoms with Crippen LogP contribution in [-0.4, -0.2) is 35.2 Å². The molecule has 0 aromatic carbocycles. The van der Waals surface area contributed by atoms with Gasteiger partial charge >= 0.3 is 0 Å². The maximum atomic E-state index is 9.81. The summed E-state index contributed by atoms with van der Waals surface area (Å²) in [6, 6.07) is 0. The van der Waals surface area contributed by atoms with Crippen molar-refractivity contribution in [2.24, 2.45) is 0 Å². The average molecular weight is 155 g/mol. The van der Waals surface area contributed by atoms with Gasteiger partial charge < -0.3 is 5.11 Å². The Morgan fingerprint density at radius 2 is 2.00 bits per heavy atom. The van der Waals surface area contributed by atoms with Crippen molar-refractivity contribution in [3.8, 4) is 0 Å². The fraction of sp³-hybridized carbons (Fsp3) is 1.00. The summed E-state index contributed by atoms with van der Waals surface area (Å²) in [5, 5.41) is 9.81.